The molecule has 25 heavy (non-hydrogen) atoms. The number of benzene rings is 2. The van der Waals surface area contributed by atoms with Gasteiger partial charge in [-0.05, 0) is 52.9 Å². The van der Waals surface area contributed by atoms with Gasteiger partial charge in [0.05, 0.1) is 12.2 Å². The number of carbonyl (C=O) groups is 1. The average molecular weight is 358 g/mol. The third-order valence-electron chi connectivity index (χ3n) is 3.56. The van der Waals surface area contributed by atoms with Crippen LogP contribution in [-0.4, -0.2) is 51.2 Å². The summed E-state index contributed by atoms with van der Waals surface area (Å²) in [7, 11) is 1.73. The molecule has 0 fully saturated rings. The van der Waals surface area contributed by atoms with Crippen LogP contribution in [0.15, 0.2) is 54.9 Å². The molecule has 0 bridgehead atoms. The van der Waals surface area contributed by atoms with Gasteiger partial charge in [-0.25, -0.2) is 4.68 Å². The van der Waals surface area contributed by atoms with Crippen LogP contribution in [0.5, 0.6) is 5.75 Å². The maximum absolute atomic E-state index is 12.5. The average Bonchev–Trinajstić information content (AvgIpc) is 3.17. The second kappa shape index (κ2) is 7.76. The Morgan fingerprint density at radius 3 is 2.76 bits per heavy atom. The fraction of sp³-hybridized carbons (Fsp3) is 0.176. The molecule has 0 saturated carbocycles. The van der Waals surface area contributed by atoms with Gasteiger partial charge in [-0.2, -0.15) is 0 Å². The van der Waals surface area contributed by atoms with E-state index in [1.165, 1.54) is 11.0 Å². The van der Waals surface area contributed by atoms with Gasteiger partial charge >= 0.3 is 0 Å². The quantitative estimate of drug-likeness (QED) is 0.677. The summed E-state index contributed by atoms with van der Waals surface area (Å²) in [6, 6.07) is 14.2. The fourth-order valence-corrected chi connectivity index (χ4v) is 2.34. The second-order valence-corrected chi connectivity index (χ2v) is 5.77. The summed E-state index contributed by atoms with van der Waals surface area (Å²) in [5, 5.41) is 11.7. The molecule has 0 radical (unpaired) electrons. The number of tetrazole rings is 1. The molecule has 128 valence electrons. The van der Waals surface area contributed by atoms with Gasteiger partial charge in [0.2, 0.25) is 0 Å². The maximum Gasteiger partial charge on any atom is 0.253 e. The van der Waals surface area contributed by atoms with Gasteiger partial charge in [-0.15, -0.1) is 5.10 Å². The number of ether oxygens (including phenoxy) is 1. The monoisotopic (exact) mass is 357 g/mol. The molecule has 8 heteroatoms. The van der Waals surface area contributed by atoms with Crippen molar-refractivity contribution in [2.45, 2.75) is 0 Å². The number of amides is 1. The molecule has 0 atom stereocenters. The predicted octanol–water partition coefficient (Wildman–Crippen LogP) is 2.47. The Balaban J connectivity index is 1.58. The van der Waals surface area contributed by atoms with Crippen molar-refractivity contribution in [3.05, 3.63) is 65.4 Å². The highest BCUT2D eigenvalue weighted by Gasteiger charge is 2.13. The van der Waals surface area contributed by atoms with E-state index < -0.39 is 0 Å². The third-order valence-corrected chi connectivity index (χ3v) is 3.81. The zero-order valence-corrected chi connectivity index (χ0v) is 14.3. The van der Waals surface area contributed by atoms with Crippen LogP contribution in [0.25, 0.3) is 5.69 Å². The Kier molecular flexibility index (Phi) is 5.25. The normalized spacial score (nSPS) is 10.5. The van der Waals surface area contributed by atoms with Gasteiger partial charge in [0.15, 0.2) is 0 Å². The van der Waals surface area contributed by atoms with E-state index >= 15 is 0 Å². The van der Waals surface area contributed by atoms with E-state index in [-0.39, 0.29) is 5.91 Å². The van der Waals surface area contributed by atoms with Crippen LogP contribution in [-0.2, 0) is 0 Å². The SMILES string of the molecule is CN(CCOc1ccc(Cl)cc1)C(=O)c1cccc(-n2cnnn2)c1. The summed E-state index contributed by atoms with van der Waals surface area (Å²) in [5.74, 6) is 0.612. The van der Waals surface area contributed by atoms with Gasteiger partial charge < -0.3 is 9.64 Å². The largest absolute Gasteiger partial charge is 0.492 e. The molecule has 3 rings (SSSR count). The Bertz CT molecular complexity index is 837. The van der Waals surface area contributed by atoms with Crippen LogP contribution < -0.4 is 4.74 Å². The van der Waals surface area contributed by atoms with Crippen molar-refractivity contribution in [1.82, 2.24) is 25.1 Å². The maximum atomic E-state index is 12.5. The van der Waals surface area contributed by atoms with Gasteiger partial charge in [-0.3, -0.25) is 4.79 Å². The van der Waals surface area contributed by atoms with Crippen molar-refractivity contribution in [3.8, 4) is 11.4 Å². The first kappa shape index (κ1) is 16.9. The van der Waals surface area contributed by atoms with E-state index in [2.05, 4.69) is 15.5 Å². The molecule has 0 unspecified atom stereocenters. The number of likely N-dealkylation sites (N-methyl/N-ethyl adjacent to an activating group) is 1. The zero-order chi connectivity index (χ0) is 17.6. The van der Waals surface area contributed by atoms with E-state index in [1.54, 1.807) is 54.4 Å². The second-order valence-electron chi connectivity index (χ2n) is 5.33. The first-order chi connectivity index (χ1) is 12.1. The van der Waals surface area contributed by atoms with Crippen molar-refractivity contribution in [2.24, 2.45) is 0 Å². The smallest absolute Gasteiger partial charge is 0.253 e. The fourth-order valence-electron chi connectivity index (χ4n) is 2.21. The lowest BCUT2D eigenvalue weighted by Crippen LogP contribution is -2.30. The van der Waals surface area contributed by atoms with Crippen molar-refractivity contribution in [3.63, 3.8) is 0 Å². The van der Waals surface area contributed by atoms with E-state index in [0.29, 0.717) is 29.5 Å². The molecule has 0 aliphatic heterocycles. The summed E-state index contributed by atoms with van der Waals surface area (Å²) in [4.78, 5) is 14.2. The summed E-state index contributed by atoms with van der Waals surface area (Å²) < 4.78 is 7.12. The van der Waals surface area contributed by atoms with Gasteiger partial charge in [0, 0.05) is 17.6 Å². The number of hydrogen-bond acceptors (Lipinski definition) is 5. The van der Waals surface area contributed by atoms with Crippen LogP contribution in [0.1, 0.15) is 10.4 Å². The molecule has 0 aliphatic rings. The van der Waals surface area contributed by atoms with Crippen LogP contribution >= 0.6 is 11.6 Å². The van der Waals surface area contributed by atoms with Crippen molar-refractivity contribution in [1.29, 1.82) is 0 Å². The van der Waals surface area contributed by atoms with Crippen LogP contribution in [0.3, 0.4) is 0 Å². The molecule has 0 aliphatic carbocycles. The molecule has 1 amide bonds. The molecule has 1 aromatic heterocycles. The Morgan fingerprint density at radius 2 is 2.04 bits per heavy atom. The summed E-state index contributed by atoms with van der Waals surface area (Å²) in [6.07, 6.45) is 1.48. The molecule has 3 aromatic rings. The molecule has 1 heterocycles. The number of hydrogen-bond donors (Lipinski definition) is 0. The minimum atomic E-state index is -0.102. The summed E-state index contributed by atoms with van der Waals surface area (Å²) >= 11 is 5.83. The molecule has 0 spiro atoms. The number of rotatable bonds is 6. The van der Waals surface area contributed by atoms with E-state index in [9.17, 15) is 4.79 Å². The van der Waals surface area contributed by atoms with Crippen molar-refractivity contribution < 1.29 is 9.53 Å². The van der Waals surface area contributed by atoms with Gasteiger partial charge in [0.1, 0.15) is 18.7 Å². The minimum Gasteiger partial charge on any atom is -0.492 e. The van der Waals surface area contributed by atoms with Crippen molar-refractivity contribution >= 4 is 17.5 Å². The summed E-state index contributed by atoms with van der Waals surface area (Å²) in [5.41, 5.74) is 1.28. The molecule has 0 N–H and O–H groups in total. The number of halogens is 1. The lowest BCUT2D eigenvalue weighted by molar-refractivity contribution is 0.0773. The summed E-state index contributed by atoms with van der Waals surface area (Å²) in [6.45, 7) is 0.840. The first-order valence-corrected chi connectivity index (χ1v) is 7.98. The highest BCUT2D eigenvalue weighted by atomic mass is 35.5. The molecular formula is C17H16ClN5O2. The Morgan fingerprint density at radius 1 is 1.24 bits per heavy atom. The van der Waals surface area contributed by atoms with E-state index in [1.807, 2.05) is 6.07 Å². The van der Waals surface area contributed by atoms with Crippen LogP contribution in [0, 0.1) is 0 Å². The number of nitrogens with zero attached hydrogens (tertiary/aromatic N) is 5. The lowest BCUT2D eigenvalue weighted by atomic mass is 10.2. The highest BCUT2D eigenvalue weighted by Crippen LogP contribution is 2.15. The standard InChI is InChI=1S/C17H16ClN5O2/c1-22(9-10-25-16-7-5-14(18)6-8-16)17(24)13-3-2-4-15(11-13)23-12-19-20-21-23/h2-8,11-12H,9-10H2,1H3. The highest BCUT2D eigenvalue weighted by molar-refractivity contribution is 6.30. The van der Waals surface area contributed by atoms with Crippen LogP contribution in [0.2, 0.25) is 5.02 Å². The van der Waals surface area contributed by atoms with Gasteiger partial charge in [-0.1, -0.05) is 17.7 Å². The Hall–Kier alpha value is -2.93. The number of carbonyl (C=O) groups excluding carboxylic acids is 1. The zero-order valence-electron chi connectivity index (χ0n) is 13.5. The lowest BCUT2D eigenvalue weighted by Gasteiger charge is -2.18. The van der Waals surface area contributed by atoms with Gasteiger partial charge in [0.25, 0.3) is 5.91 Å². The molecule has 0 saturated heterocycles. The third kappa shape index (κ3) is 4.33. The molecular weight excluding hydrogens is 342 g/mol. The number of aromatic nitrogens is 4. The Labute approximate surface area is 149 Å². The minimum absolute atomic E-state index is 0.102. The topological polar surface area (TPSA) is 73.1 Å². The molecule has 2 aromatic carbocycles. The van der Waals surface area contributed by atoms with Crippen LogP contribution in [0.4, 0.5) is 0 Å². The van der Waals surface area contributed by atoms with E-state index in [0.717, 1.165) is 5.69 Å². The predicted molar refractivity (Wildman–Crippen MR) is 93.1 cm³/mol. The first-order valence-electron chi connectivity index (χ1n) is 7.61. The molecule has 7 nitrogen and oxygen atoms in total. The van der Waals surface area contributed by atoms with E-state index in [4.69, 9.17) is 16.3 Å². The van der Waals surface area contributed by atoms with Crippen molar-refractivity contribution in [2.75, 3.05) is 20.2 Å².